The number of guanidine groups is 1. The summed E-state index contributed by atoms with van der Waals surface area (Å²) < 4.78 is 5.07. The highest BCUT2D eigenvalue weighted by molar-refractivity contribution is 14.0. The van der Waals surface area contributed by atoms with Gasteiger partial charge in [0.25, 0.3) is 0 Å². The van der Waals surface area contributed by atoms with Crippen LogP contribution in [0, 0.1) is 0 Å². The second-order valence-corrected chi connectivity index (χ2v) is 7.88. The average Bonchev–Trinajstić information content (AvgIpc) is 3.11. The summed E-state index contributed by atoms with van der Waals surface area (Å²) >= 11 is 0. The van der Waals surface area contributed by atoms with Gasteiger partial charge in [0.15, 0.2) is 5.96 Å². The molecular weight excluding hydrogens is 501 g/mol. The molecule has 1 fully saturated rings. The first-order chi connectivity index (χ1) is 14.7. The minimum absolute atomic E-state index is 0. The molecule has 0 radical (unpaired) electrons. The Balaban J connectivity index is 0.00000341. The molecule has 2 aromatic carbocycles. The Morgan fingerprint density at radius 3 is 2.52 bits per heavy atom. The highest BCUT2D eigenvalue weighted by atomic mass is 127. The molecule has 0 amide bonds. The molecule has 6 nitrogen and oxygen atoms in total. The van der Waals surface area contributed by atoms with Gasteiger partial charge in [0.2, 0.25) is 0 Å². The zero-order valence-electron chi connectivity index (χ0n) is 18.8. The number of likely N-dealkylation sites (tertiary alicyclic amines) is 1. The third-order valence-electron chi connectivity index (χ3n) is 5.55. The van der Waals surface area contributed by atoms with Gasteiger partial charge in [-0.15, -0.1) is 24.0 Å². The first kappa shape index (κ1) is 25.4. The Kier molecular flexibility index (Phi) is 11.1. The predicted octanol–water partition coefficient (Wildman–Crippen LogP) is 3.69. The van der Waals surface area contributed by atoms with E-state index in [-0.39, 0.29) is 24.0 Å². The van der Waals surface area contributed by atoms with Gasteiger partial charge in [-0.3, -0.25) is 9.89 Å². The van der Waals surface area contributed by atoms with E-state index in [1.54, 1.807) is 7.11 Å². The zero-order chi connectivity index (χ0) is 21.2. The number of rotatable bonds is 9. The molecule has 2 atom stereocenters. The Morgan fingerprint density at radius 1 is 1.10 bits per heavy atom. The Morgan fingerprint density at radius 2 is 1.84 bits per heavy atom. The van der Waals surface area contributed by atoms with Gasteiger partial charge in [-0.05, 0) is 36.6 Å². The maximum Gasteiger partial charge on any atom is 0.191 e. The largest absolute Gasteiger partial charge is 0.383 e. The van der Waals surface area contributed by atoms with E-state index in [0.717, 1.165) is 44.2 Å². The molecule has 2 unspecified atom stereocenters. The minimum atomic E-state index is 0. The van der Waals surface area contributed by atoms with Gasteiger partial charge in [-0.1, -0.05) is 42.5 Å². The number of hydrogen-bond acceptors (Lipinski definition) is 4. The summed E-state index contributed by atoms with van der Waals surface area (Å²) in [6, 6.07) is 20.1. The van der Waals surface area contributed by atoms with Crippen molar-refractivity contribution in [2.75, 3.05) is 39.2 Å². The van der Waals surface area contributed by atoms with E-state index in [0.29, 0.717) is 18.7 Å². The average molecular weight is 537 g/mol. The van der Waals surface area contributed by atoms with Crippen molar-refractivity contribution in [2.45, 2.75) is 38.5 Å². The van der Waals surface area contributed by atoms with Gasteiger partial charge < -0.3 is 20.7 Å². The number of ether oxygens (including phenoxy) is 1. The van der Waals surface area contributed by atoms with Crippen LogP contribution < -0.4 is 16.0 Å². The molecular formula is C24H36IN5O. The smallest absolute Gasteiger partial charge is 0.191 e. The van der Waals surface area contributed by atoms with Crippen LogP contribution in [0.15, 0.2) is 59.6 Å². The van der Waals surface area contributed by atoms with Gasteiger partial charge in [0.1, 0.15) is 0 Å². The fraction of sp³-hybridized carbons (Fsp3) is 0.458. The molecule has 3 N–H and O–H groups in total. The highest BCUT2D eigenvalue weighted by Crippen LogP contribution is 2.20. The van der Waals surface area contributed by atoms with Crippen molar-refractivity contribution in [2.24, 2.45) is 4.99 Å². The lowest BCUT2D eigenvalue weighted by Gasteiger charge is -2.21. The second-order valence-electron chi connectivity index (χ2n) is 7.88. The Hall–Kier alpha value is -1.84. The standard InChI is InChI=1S/C24H35N5O.HI/c1-19-15-23(18-29(19)17-21-7-5-4-6-8-21)28-24(25-2)27-16-20-9-11-22(12-10-20)26-13-14-30-3;/h4-12,19,23,26H,13-18H2,1-3H3,(H2,25,27,28);1H. The van der Waals surface area contributed by atoms with Crippen LogP contribution in [0.5, 0.6) is 0 Å². The fourth-order valence-electron chi connectivity index (χ4n) is 3.85. The molecule has 0 aliphatic carbocycles. The normalized spacial score (nSPS) is 19.0. The summed E-state index contributed by atoms with van der Waals surface area (Å²) in [6.07, 6.45) is 1.12. The molecule has 1 aliphatic rings. The van der Waals surface area contributed by atoms with Gasteiger partial charge in [0, 0.05) is 58.1 Å². The lowest BCUT2D eigenvalue weighted by Crippen LogP contribution is -2.44. The summed E-state index contributed by atoms with van der Waals surface area (Å²) in [7, 11) is 3.54. The van der Waals surface area contributed by atoms with E-state index in [1.807, 2.05) is 7.05 Å². The van der Waals surface area contributed by atoms with Gasteiger partial charge in [-0.25, -0.2) is 0 Å². The number of nitrogens with zero attached hydrogens (tertiary/aromatic N) is 2. The molecule has 0 saturated carbocycles. The van der Waals surface area contributed by atoms with E-state index in [1.165, 1.54) is 11.1 Å². The van der Waals surface area contributed by atoms with E-state index in [2.05, 4.69) is 87.4 Å². The second kappa shape index (κ2) is 13.5. The van der Waals surface area contributed by atoms with Crippen molar-refractivity contribution in [1.29, 1.82) is 0 Å². The maximum atomic E-state index is 5.07. The number of methoxy groups -OCH3 is 1. The Labute approximate surface area is 203 Å². The van der Waals surface area contributed by atoms with Crippen LogP contribution >= 0.6 is 24.0 Å². The van der Waals surface area contributed by atoms with Crippen LogP contribution in [0.1, 0.15) is 24.5 Å². The molecule has 0 bridgehead atoms. The van der Waals surface area contributed by atoms with Gasteiger partial charge in [-0.2, -0.15) is 0 Å². The summed E-state index contributed by atoms with van der Waals surface area (Å²) in [5, 5.41) is 10.4. The molecule has 1 aliphatic heterocycles. The number of halogens is 1. The fourth-order valence-corrected chi connectivity index (χ4v) is 3.85. The molecule has 31 heavy (non-hydrogen) atoms. The number of benzene rings is 2. The summed E-state index contributed by atoms with van der Waals surface area (Å²) in [5.74, 6) is 0.857. The predicted molar refractivity (Wildman–Crippen MR) is 140 cm³/mol. The number of nitrogens with one attached hydrogen (secondary N) is 3. The third kappa shape index (κ3) is 8.31. The lowest BCUT2D eigenvalue weighted by molar-refractivity contribution is 0.211. The summed E-state index contributed by atoms with van der Waals surface area (Å²) in [5.41, 5.74) is 3.70. The van der Waals surface area contributed by atoms with Crippen LogP contribution in [-0.4, -0.2) is 56.8 Å². The van der Waals surface area contributed by atoms with E-state index < -0.39 is 0 Å². The van der Waals surface area contributed by atoms with Crippen LogP contribution in [0.25, 0.3) is 0 Å². The molecule has 7 heteroatoms. The number of anilines is 1. The molecule has 1 heterocycles. The quantitative estimate of drug-likeness (QED) is 0.197. The minimum Gasteiger partial charge on any atom is -0.383 e. The maximum absolute atomic E-state index is 5.07. The molecule has 170 valence electrons. The molecule has 1 saturated heterocycles. The van der Waals surface area contributed by atoms with Gasteiger partial charge in [0.05, 0.1) is 6.61 Å². The zero-order valence-corrected chi connectivity index (χ0v) is 21.1. The number of aliphatic imine (C=N–C) groups is 1. The van der Waals surface area contributed by atoms with Crippen molar-refractivity contribution in [3.8, 4) is 0 Å². The van der Waals surface area contributed by atoms with Crippen LogP contribution in [-0.2, 0) is 17.8 Å². The third-order valence-corrected chi connectivity index (χ3v) is 5.55. The first-order valence-electron chi connectivity index (χ1n) is 10.7. The molecule has 0 spiro atoms. The van der Waals surface area contributed by atoms with Crippen molar-refractivity contribution in [3.05, 3.63) is 65.7 Å². The summed E-state index contributed by atoms with van der Waals surface area (Å²) in [4.78, 5) is 6.96. The van der Waals surface area contributed by atoms with Crippen molar-refractivity contribution in [1.82, 2.24) is 15.5 Å². The topological polar surface area (TPSA) is 60.9 Å². The van der Waals surface area contributed by atoms with Crippen LogP contribution in [0.4, 0.5) is 5.69 Å². The Bertz CT molecular complexity index is 784. The van der Waals surface area contributed by atoms with Crippen molar-refractivity contribution in [3.63, 3.8) is 0 Å². The van der Waals surface area contributed by atoms with E-state index in [4.69, 9.17) is 4.74 Å². The molecule has 3 rings (SSSR count). The highest BCUT2D eigenvalue weighted by Gasteiger charge is 2.29. The molecule has 2 aromatic rings. The van der Waals surface area contributed by atoms with Gasteiger partial charge >= 0.3 is 0 Å². The van der Waals surface area contributed by atoms with E-state index in [9.17, 15) is 0 Å². The summed E-state index contributed by atoms with van der Waals surface area (Å²) in [6.45, 7) is 6.59. The molecule has 0 aromatic heterocycles. The number of hydrogen-bond donors (Lipinski definition) is 3. The monoisotopic (exact) mass is 537 g/mol. The van der Waals surface area contributed by atoms with Crippen LogP contribution in [0.3, 0.4) is 0 Å². The van der Waals surface area contributed by atoms with E-state index >= 15 is 0 Å². The first-order valence-corrected chi connectivity index (χ1v) is 10.7. The SMILES string of the molecule is CN=C(NCc1ccc(NCCOC)cc1)NC1CC(C)N(Cc2ccccc2)C1.I. The van der Waals surface area contributed by atoms with Crippen molar-refractivity contribution >= 4 is 35.6 Å². The van der Waals surface area contributed by atoms with Crippen molar-refractivity contribution < 1.29 is 4.74 Å². The lowest BCUT2D eigenvalue weighted by atomic mass is 10.2. The van der Waals surface area contributed by atoms with Crippen LogP contribution in [0.2, 0.25) is 0 Å².